The van der Waals surface area contributed by atoms with Crippen molar-refractivity contribution in [3.8, 4) is 0 Å². The highest BCUT2D eigenvalue weighted by atomic mass is 16.4. The first-order valence-corrected chi connectivity index (χ1v) is 12.9. The van der Waals surface area contributed by atoms with Gasteiger partial charge in [-0.1, -0.05) is 20.8 Å². The molecule has 1 amide bonds. The van der Waals surface area contributed by atoms with Crippen molar-refractivity contribution in [2.45, 2.75) is 97.2 Å². The zero-order valence-electron chi connectivity index (χ0n) is 20.1. The van der Waals surface area contributed by atoms with Crippen molar-refractivity contribution in [1.29, 1.82) is 0 Å². The maximum atomic E-state index is 12.0. The Morgan fingerprint density at radius 2 is 1.78 bits per heavy atom. The number of aliphatic hydroxyl groups is 2. The lowest BCUT2D eigenvalue weighted by atomic mass is 9.43. The van der Waals surface area contributed by atoms with Gasteiger partial charge in [-0.25, -0.2) is 0 Å². The molecule has 6 heteroatoms. The van der Waals surface area contributed by atoms with Crippen molar-refractivity contribution in [1.82, 2.24) is 5.32 Å². The van der Waals surface area contributed by atoms with E-state index in [0.29, 0.717) is 41.9 Å². The molecule has 0 aromatic heterocycles. The van der Waals surface area contributed by atoms with Crippen LogP contribution in [0.25, 0.3) is 0 Å². The smallest absolute Gasteiger partial charge is 0.322 e. The number of carbonyl (C=O) groups is 2. The molecule has 0 spiro atoms. The fraction of sp³-hybridized carbons (Fsp3) is 0.923. The number of carbonyl (C=O) groups excluding carboxylic acids is 1. The van der Waals surface area contributed by atoms with Crippen LogP contribution in [0.2, 0.25) is 0 Å². The van der Waals surface area contributed by atoms with Crippen molar-refractivity contribution < 1.29 is 24.9 Å². The molecule has 0 unspecified atom stereocenters. The summed E-state index contributed by atoms with van der Waals surface area (Å²) in [6.07, 6.45) is 9.12. The van der Waals surface area contributed by atoms with Gasteiger partial charge in [-0.3, -0.25) is 9.59 Å². The van der Waals surface area contributed by atoms with Gasteiger partial charge in [0.05, 0.1) is 12.2 Å². The van der Waals surface area contributed by atoms with E-state index >= 15 is 0 Å². The van der Waals surface area contributed by atoms with Gasteiger partial charge in [0.2, 0.25) is 5.91 Å². The summed E-state index contributed by atoms with van der Waals surface area (Å²) < 4.78 is 0. The van der Waals surface area contributed by atoms with Crippen LogP contribution in [0.1, 0.15) is 85.0 Å². The second-order valence-electron chi connectivity index (χ2n) is 12.1. The predicted octanol–water partition coefficient (Wildman–Crippen LogP) is 3.59. The average molecular weight is 450 g/mol. The van der Waals surface area contributed by atoms with Crippen LogP contribution >= 0.6 is 0 Å². The predicted molar refractivity (Wildman–Crippen MR) is 122 cm³/mol. The number of amides is 1. The molecule has 32 heavy (non-hydrogen) atoms. The Hall–Kier alpha value is -1.14. The summed E-state index contributed by atoms with van der Waals surface area (Å²) >= 11 is 0. The number of hydrogen-bond acceptors (Lipinski definition) is 4. The molecule has 4 aliphatic rings. The summed E-state index contributed by atoms with van der Waals surface area (Å²) in [6, 6.07) is 0. The molecule has 182 valence electrons. The average Bonchev–Trinajstić information content (AvgIpc) is 3.10. The zero-order chi connectivity index (χ0) is 23.3. The van der Waals surface area contributed by atoms with Gasteiger partial charge in [-0.2, -0.15) is 0 Å². The van der Waals surface area contributed by atoms with Crippen molar-refractivity contribution in [3.63, 3.8) is 0 Å². The van der Waals surface area contributed by atoms with Crippen LogP contribution in [0.3, 0.4) is 0 Å². The molecule has 0 radical (unpaired) electrons. The summed E-state index contributed by atoms with van der Waals surface area (Å²) in [4.78, 5) is 22.7. The molecule has 4 N–H and O–H groups in total. The van der Waals surface area contributed by atoms with Gasteiger partial charge in [0.25, 0.3) is 0 Å². The lowest BCUT2D eigenvalue weighted by molar-refractivity contribution is -0.175. The molecular weight excluding hydrogens is 406 g/mol. The highest BCUT2D eigenvalue weighted by Gasteiger charge is 2.63. The fourth-order valence-electron chi connectivity index (χ4n) is 8.98. The third kappa shape index (κ3) is 4.00. The lowest BCUT2D eigenvalue weighted by Crippen LogP contribution is -2.58. The number of carboxylic acids is 1. The van der Waals surface area contributed by atoms with Crippen molar-refractivity contribution in [2.75, 3.05) is 6.54 Å². The Morgan fingerprint density at radius 1 is 1.03 bits per heavy atom. The largest absolute Gasteiger partial charge is 0.480 e. The van der Waals surface area contributed by atoms with Gasteiger partial charge in [-0.15, -0.1) is 0 Å². The molecule has 0 aromatic rings. The minimum atomic E-state index is -1.02. The van der Waals surface area contributed by atoms with Crippen LogP contribution in [0, 0.1) is 46.3 Å². The van der Waals surface area contributed by atoms with Crippen molar-refractivity contribution in [2.24, 2.45) is 46.3 Å². The summed E-state index contributed by atoms with van der Waals surface area (Å²) in [7, 11) is 0. The minimum absolute atomic E-state index is 0.102. The molecule has 0 bridgehead atoms. The van der Waals surface area contributed by atoms with E-state index in [4.69, 9.17) is 5.11 Å². The number of aliphatic hydroxyl groups excluding tert-OH is 2. The summed E-state index contributed by atoms with van der Waals surface area (Å²) in [5.74, 6) is 1.84. The first kappa shape index (κ1) is 24.0. The number of nitrogens with one attached hydrogen (secondary N) is 1. The van der Waals surface area contributed by atoms with Crippen molar-refractivity contribution >= 4 is 11.9 Å². The third-order valence-electron chi connectivity index (χ3n) is 10.8. The van der Waals surface area contributed by atoms with E-state index < -0.39 is 5.97 Å². The quantitative estimate of drug-likeness (QED) is 0.496. The van der Waals surface area contributed by atoms with E-state index in [1.165, 1.54) is 12.8 Å². The lowest BCUT2D eigenvalue weighted by Gasteiger charge is -2.62. The van der Waals surface area contributed by atoms with Crippen LogP contribution in [0.5, 0.6) is 0 Å². The Labute approximate surface area is 192 Å². The van der Waals surface area contributed by atoms with E-state index in [1.54, 1.807) is 0 Å². The van der Waals surface area contributed by atoms with Crippen molar-refractivity contribution in [3.05, 3.63) is 0 Å². The number of carboxylic acid groups (broad SMARTS) is 1. The fourth-order valence-corrected chi connectivity index (χ4v) is 8.98. The number of fused-ring (bicyclic) bond motifs is 5. The number of aliphatic carboxylic acids is 1. The third-order valence-corrected chi connectivity index (χ3v) is 10.8. The molecular formula is C26H43NO5. The summed E-state index contributed by atoms with van der Waals surface area (Å²) in [5, 5.41) is 33.0. The van der Waals surface area contributed by atoms with E-state index in [1.807, 2.05) is 0 Å². The van der Waals surface area contributed by atoms with E-state index in [0.717, 1.165) is 44.9 Å². The maximum absolute atomic E-state index is 12.0. The highest BCUT2D eigenvalue weighted by Crippen LogP contribution is 2.68. The molecule has 0 heterocycles. The Morgan fingerprint density at radius 3 is 2.50 bits per heavy atom. The monoisotopic (exact) mass is 449 g/mol. The first-order valence-electron chi connectivity index (χ1n) is 12.9. The van der Waals surface area contributed by atoms with Gasteiger partial charge >= 0.3 is 5.97 Å². The first-order chi connectivity index (χ1) is 15.1. The molecule has 10 atom stereocenters. The van der Waals surface area contributed by atoms with Gasteiger partial charge in [0, 0.05) is 6.42 Å². The normalized spacial score (nSPS) is 46.5. The molecule has 4 rings (SSSR count). The Bertz CT molecular complexity index is 727. The van der Waals surface area contributed by atoms with Crippen LogP contribution in [0.15, 0.2) is 0 Å². The molecule has 0 aliphatic heterocycles. The topological polar surface area (TPSA) is 107 Å². The Kier molecular flexibility index (Phi) is 6.68. The molecule has 0 aromatic carbocycles. The molecule has 0 saturated heterocycles. The maximum Gasteiger partial charge on any atom is 0.322 e. The minimum Gasteiger partial charge on any atom is -0.480 e. The number of rotatable bonds is 6. The molecule has 4 saturated carbocycles. The van der Waals surface area contributed by atoms with E-state index in [-0.39, 0.29) is 35.5 Å². The Balaban J connectivity index is 1.45. The molecule has 4 aliphatic carbocycles. The van der Waals surface area contributed by atoms with Gasteiger partial charge < -0.3 is 20.6 Å². The second kappa shape index (κ2) is 8.90. The van der Waals surface area contributed by atoms with Gasteiger partial charge in [0.1, 0.15) is 6.54 Å². The molecule has 4 fully saturated rings. The standard InChI is InChI=1S/C26H43NO5/c1-15(4-9-23(30)27-14-24(31)32)19-7-8-20-18-6-5-16-12-17(28)10-11-25(16,2)21(18)13-22(29)26(19,20)3/h15-22,28-29H,4-14H2,1-3H3,(H,27,30)(H,31,32)/t15-,16-,17-,18+,19-,20+,21+,22+,25+,26+/m1/s1. The van der Waals surface area contributed by atoms with Gasteiger partial charge in [0.15, 0.2) is 0 Å². The summed E-state index contributed by atoms with van der Waals surface area (Å²) in [6.45, 7) is 6.65. The van der Waals surface area contributed by atoms with Crippen LogP contribution in [-0.2, 0) is 9.59 Å². The van der Waals surface area contributed by atoms with Crippen LogP contribution < -0.4 is 5.32 Å². The van der Waals surface area contributed by atoms with E-state index in [9.17, 15) is 19.8 Å². The van der Waals surface area contributed by atoms with Gasteiger partial charge in [-0.05, 0) is 104 Å². The summed E-state index contributed by atoms with van der Waals surface area (Å²) in [5.41, 5.74) is 0.145. The second-order valence-corrected chi connectivity index (χ2v) is 12.1. The van der Waals surface area contributed by atoms with Crippen LogP contribution in [0.4, 0.5) is 0 Å². The van der Waals surface area contributed by atoms with Crippen LogP contribution in [-0.4, -0.2) is 45.9 Å². The zero-order valence-corrected chi connectivity index (χ0v) is 20.1. The van der Waals surface area contributed by atoms with E-state index in [2.05, 4.69) is 26.1 Å². The number of hydrogen-bond donors (Lipinski definition) is 4. The SMILES string of the molecule is C[C@H](CCC(=O)NCC(=O)O)[C@H]1CC[C@H]2[C@@H]3CC[C@@H]4C[C@H](O)CC[C@]4(C)[C@H]3C[C@H](O)[C@@]12C. The molecule has 6 nitrogen and oxygen atoms in total. The highest BCUT2D eigenvalue weighted by molar-refractivity contribution is 5.81.